The first kappa shape index (κ1) is 15.6. The van der Waals surface area contributed by atoms with E-state index in [2.05, 4.69) is 22.0 Å². The van der Waals surface area contributed by atoms with Gasteiger partial charge in [-0.15, -0.1) is 0 Å². The second kappa shape index (κ2) is 7.27. The van der Waals surface area contributed by atoms with Crippen LogP contribution in [0.5, 0.6) is 11.5 Å². The number of hydrogen-bond acceptors (Lipinski definition) is 3. The highest BCUT2D eigenvalue weighted by Crippen LogP contribution is 2.22. The third kappa shape index (κ3) is 4.60. The molecule has 0 N–H and O–H groups in total. The average molecular weight is 349 g/mol. The van der Waals surface area contributed by atoms with Gasteiger partial charge in [-0.3, -0.25) is 4.79 Å². The molecule has 2 aromatic rings. The van der Waals surface area contributed by atoms with Gasteiger partial charge >= 0.3 is 0 Å². The van der Waals surface area contributed by atoms with Gasteiger partial charge in [-0.1, -0.05) is 22.0 Å². The average Bonchev–Trinajstić information content (AvgIpc) is 2.43. The lowest BCUT2D eigenvalue weighted by molar-refractivity contribution is 0.111. The van der Waals surface area contributed by atoms with Crippen molar-refractivity contribution in [2.75, 3.05) is 13.2 Å². The molecule has 0 atom stereocenters. The Kier molecular flexibility index (Phi) is 5.39. The zero-order valence-electron chi connectivity index (χ0n) is 12.1. The predicted molar refractivity (Wildman–Crippen MR) is 86.4 cm³/mol. The van der Waals surface area contributed by atoms with Crippen LogP contribution in [0.3, 0.4) is 0 Å². The summed E-state index contributed by atoms with van der Waals surface area (Å²) in [7, 11) is 0. The van der Waals surface area contributed by atoms with Gasteiger partial charge in [0.1, 0.15) is 24.7 Å². The number of halogens is 1. The van der Waals surface area contributed by atoms with Gasteiger partial charge < -0.3 is 9.47 Å². The molecular formula is C17H17BrO3. The van der Waals surface area contributed by atoms with Crippen molar-refractivity contribution >= 4 is 22.2 Å². The molecule has 0 saturated heterocycles. The number of aryl methyl sites for hydroxylation is 2. The van der Waals surface area contributed by atoms with E-state index in [1.807, 2.05) is 32.0 Å². The van der Waals surface area contributed by atoms with Crippen LogP contribution >= 0.6 is 15.9 Å². The van der Waals surface area contributed by atoms with Crippen LogP contribution in [0.1, 0.15) is 21.5 Å². The van der Waals surface area contributed by atoms with Crippen molar-refractivity contribution in [1.82, 2.24) is 0 Å². The van der Waals surface area contributed by atoms with Crippen molar-refractivity contribution in [3.05, 3.63) is 57.6 Å². The molecule has 2 aromatic carbocycles. The molecule has 0 bridgehead atoms. The Morgan fingerprint density at radius 1 is 1.00 bits per heavy atom. The summed E-state index contributed by atoms with van der Waals surface area (Å²) in [5, 5.41) is 0. The minimum Gasteiger partial charge on any atom is -0.490 e. The standard InChI is InChI=1S/C17H17BrO3/c1-12-7-13(2)9-16(8-12)20-5-6-21-17-4-3-15(18)10-14(17)11-19/h3-4,7-11H,5-6H2,1-2H3. The van der Waals surface area contributed by atoms with Crippen LogP contribution in [0.25, 0.3) is 0 Å². The molecule has 110 valence electrons. The van der Waals surface area contributed by atoms with Gasteiger partial charge in [-0.05, 0) is 55.3 Å². The molecule has 0 fully saturated rings. The van der Waals surface area contributed by atoms with Crippen LogP contribution in [-0.4, -0.2) is 19.5 Å². The Labute approximate surface area is 133 Å². The second-order valence-corrected chi connectivity index (χ2v) is 5.74. The Balaban J connectivity index is 1.88. The van der Waals surface area contributed by atoms with E-state index in [-0.39, 0.29) is 0 Å². The van der Waals surface area contributed by atoms with E-state index in [1.54, 1.807) is 12.1 Å². The molecule has 4 heteroatoms. The highest BCUT2D eigenvalue weighted by molar-refractivity contribution is 9.10. The minimum absolute atomic E-state index is 0.384. The van der Waals surface area contributed by atoms with Gasteiger partial charge in [0.05, 0.1) is 5.56 Å². The lowest BCUT2D eigenvalue weighted by Crippen LogP contribution is -2.10. The van der Waals surface area contributed by atoms with Crippen LogP contribution in [-0.2, 0) is 0 Å². The van der Waals surface area contributed by atoms with Gasteiger partial charge in [0.25, 0.3) is 0 Å². The third-order valence-electron chi connectivity index (χ3n) is 2.90. The van der Waals surface area contributed by atoms with Crippen LogP contribution in [0, 0.1) is 13.8 Å². The molecule has 0 aliphatic heterocycles. The van der Waals surface area contributed by atoms with Crippen molar-refractivity contribution in [3.8, 4) is 11.5 Å². The lowest BCUT2D eigenvalue weighted by Gasteiger charge is -2.11. The van der Waals surface area contributed by atoms with Gasteiger partial charge in [-0.2, -0.15) is 0 Å². The maximum Gasteiger partial charge on any atom is 0.153 e. The van der Waals surface area contributed by atoms with Crippen molar-refractivity contribution in [2.45, 2.75) is 13.8 Å². The molecule has 0 saturated carbocycles. The van der Waals surface area contributed by atoms with Crippen molar-refractivity contribution < 1.29 is 14.3 Å². The van der Waals surface area contributed by atoms with Crippen molar-refractivity contribution in [2.24, 2.45) is 0 Å². The Bertz CT molecular complexity index is 618. The van der Waals surface area contributed by atoms with Crippen LogP contribution in [0.15, 0.2) is 40.9 Å². The van der Waals surface area contributed by atoms with Gasteiger partial charge in [-0.25, -0.2) is 0 Å². The number of rotatable bonds is 6. The summed E-state index contributed by atoms with van der Waals surface area (Å²) >= 11 is 3.32. The zero-order chi connectivity index (χ0) is 15.2. The monoisotopic (exact) mass is 348 g/mol. The maximum absolute atomic E-state index is 11.0. The molecule has 0 amide bonds. The molecule has 0 spiro atoms. The zero-order valence-corrected chi connectivity index (χ0v) is 13.6. The normalized spacial score (nSPS) is 10.2. The summed E-state index contributed by atoms with van der Waals surface area (Å²) in [6, 6.07) is 11.4. The Morgan fingerprint density at radius 2 is 1.67 bits per heavy atom. The fourth-order valence-corrected chi connectivity index (χ4v) is 2.45. The molecule has 0 aliphatic rings. The SMILES string of the molecule is Cc1cc(C)cc(OCCOc2ccc(Br)cc2C=O)c1. The molecule has 0 aliphatic carbocycles. The third-order valence-corrected chi connectivity index (χ3v) is 3.40. The van der Waals surface area contributed by atoms with Gasteiger partial charge in [0, 0.05) is 4.47 Å². The summed E-state index contributed by atoms with van der Waals surface area (Å²) in [5.74, 6) is 1.40. The lowest BCUT2D eigenvalue weighted by atomic mass is 10.1. The first-order valence-corrected chi connectivity index (χ1v) is 7.46. The first-order valence-electron chi connectivity index (χ1n) is 6.67. The van der Waals surface area contributed by atoms with Crippen LogP contribution in [0.4, 0.5) is 0 Å². The largest absolute Gasteiger partial charge is 0.490 e. The number of ether oxygens (including phenoxy) is 2. The first-order chi connectivity index (χ1) is 10.1. The van der Waals surface area contributed by atoms with E-state index in [0.717, 1.165) is 16.5 Å². The van der Waals surface area contributed by atoms with Gasteiger partial charge in [0.2, 0.25) is 0 Å². The van der Waals surface area contributed by atoms with E-state index >= 15 is 0 Å². The topological polar surface area (TPSA) is 35.5 Å². The van der Waals surface area contributed by atoms with Gasteiger partial charge in [0.15, 0.2) is 6.29 Å². The van der Waals surface area contributed by atoms with E-state index in [0.29, 0.717) is 24.5 Å². The quantitative estimate of drug-likeness (QED) is 0.575. The fraction of sp³-hybridized carbons (Fsp3) is 0.235. The summed E-state index contributed by atoms with van der Waals surface area (Å²) in [5.41, 5.74) is 2.86. The van der Waals surface area contributed by atoms with E-state index in [1.165, 1.54) is 11.1 Å². The second-order valence-electron chi connectivity index (χ2n) is 4.82. The van der Waals surface area contributed by atoms with E-state index in [9.17, 15) is 4.79 Å². The number of aldehydes is 1. The van der Waals surface area contributed by atoms with E-state index < -0.39 is 0 Å². The molecule has 21 heavy (non-hydrogen) atoms. The minimum atomic E-state index is 0.384. The van der Waals surface area contributed by atoms with Crippen molar-refractivity contribution in [3.63, 3.8) is 0 Å². The molecule has 0 heterocycles. The summed E-state index contributed by atoms with van der Waals surface area (Å²) in [6.45, 7) is 4.88. The highest BCUT2D eigenvalue weighted by atomic mass is 79.9. The summed E-state index contributed by atoms with van der Waals surface area (Å²) < 4.78 is 12.1. The molecular weight excluding hydrogens is 332 g/mol. The summed E-state index contributed by atoms with van der Waals surface area (Å²) in [6.07, 6.45) is 0.783. The Morgan fingerprint density at radius 3 is 2.33 bits per heavy atom. The highest BCUT2D eigenvalue weighted by Gasteiger charge is 2.04. The number of carbonyl (C=O) groups excluding carboxylic acids is 1. The number of benzene rings is 2. The fourth-order valence-electron chi connectivity index (χ4n) is 2.07. The molecule has 0 radical (unpaired) electrons. The molecule has 2 rings (SSSR count). The molecule has 0 aromatic heterocycles. The predicted octanol–water partition coefficient (Wildman–Crippen LogP) is 4.34. The number of hydrogen-bond donors (Lipinski definition) is 0. The molecule has 0 unspecified atom stereocenters. The smallest absolute Gasteiger partial charge is 0.153 e. The van der Waals surface area contributed by atoms with Crippen molar-refractivity contribution in [1.29, 1.82) is 0 Å². The number of carbonyl (C=O) groups is 1. The van der Waals surface area contributed by atoms with Crippen LogP contribution in [0.2, 0.25) is 0 Å². The Hall–Kier alpha value is -1.81. The maximum atomic E-state index is 11.0. The van der Waals surface area contributed by atoms with E-state index in [4.69, 9.17) is 9.47 Å². The molecule has 3 nitrogen and oxygen atoms in total. The van der Waals surface area contributed by atoms with Crippen LogP contribution < -0.4 is 9.47 Å². The summed E-state index contributed by atoms with van der Waals surface area (Å²) in [4.78, 5) is 11.0.